The third kappa shape index (κ3) is 2.81. The fourth-order valence-electron chi connectivity index (χ4n) is 3.11. The highest BCUT2D eigenvalue weighted by atomic mass is 35.5. The Balaban J connectivity index is 1.71. The van der Waals surface area contributed by atoms with Crippen molar-refractivity contribution in [1.82, 2.24) is 10.2 Å². The first-order chi connectivity index (χ1) is 9.54. The number of nitrogens with zero attached hydrogens (tertiary/aromatic N) is 1. The molecule has 3 nitrogen and oxygen atoms in total. The summed E-state index contributed by atoms with van der Waals surface area (Å²) in [5.41, 5.74) is 0.345. The van der Waals surface area contributed by atoms with E-state index in [0.717, 1.165) is 19.0 Å². The molecule has 2 atom stereocenters. The Hall–Kier alpha value is -1.13. The van der Waals surface area contributed by atoms with Gasteiger partial charge in [-0.3, -0.25) is 4.79 Å². The van der Waals surface area contributed by atoms with Crippen molar-refractivity contribution in [2.45, 2.75) is 18.9 Å². The summed E-state index contributed by atoms with van der Waals surface area (Å²) in [5.74, 6) is 0.640. The van der Waals surface area contributed by atoms with Gasteiger partial charge in [0.2, 0.25) is 0 Å². The number of likely N-dealkylation sites (N-methyl/N-ethyl adjacent to an activating group) is 1. The second-order valence-electron chi connectivity index (χ2n) is 5.93. The molecule has 108 valence electrons. The minimum absolute atomic E-state index is 0.164. The quantitative estimate of drug-likeness (QED) is 0.930. The molecule has 1 aromatic rings. The number of benzene rings is 1. The summed E-state index contributed by atoms with van der Waals surface area (Å²) in [6.45, 7) is 1.90. The molecule has 1 aliphatic carbocycles. The zero-order chi connectivity index (χ0) is 14.3. The molecular formula is C15H18ClFN2O. The molecular weight excluding hydrogens is 279 g/mol. The van der Waals surface area contributed by atoms with E-state index in [1.54, 1.807) is 0 Å². The van der Waals surface area contributed by atoms with E-state index in [9.17, 15) is 9.18 Å². The maximum absolute atomic E-state index is 13.0. The smallest absolute Gasteiger partial charge is 0.253 e. The monoisotopic (exact) mass is 296 g/mol. The molecule has 2 aliphatic rings. The molecule has 1 saturated carbocycles. The number of hydrogen-bond donors (Lipinski definition) is 1. The Kier molecular flexibility index (Phi) is 3.69. The summed E-state index contributed by atoms with van der Waals surface area (Å²) < 4.78 is 13.0. The lowest BCUT2D eigenvalue weighted by atomic mass is 9.98. The Labute approximate surface area is 123 Å². The molecule has 0 bridgehead atoms. The second-order valence-corrected chi connectivity index (χ2v) is 6.33. The number of hydrogen-bond acceptors (Lipinski definition) is 2. The Morgan fingerprint density at radius 2 is 2.15 bits per heavy atom. The van der Waals surface area contributed by atoms with Crippen LogP contribution >= 0.6 is 11.6 Å². The molecule has 1 saturated heterocycles. The molecule has 1 N–H and O–H groups in total. The number of amides is 1. The van der Waals surface area contributed by atoms with Crippen LogP contribution in [0.2, 0.25) is 5.02 Å². The van der Waals surface area contributed by atoms with Crippen molar-refractivity contribution in [2.75, 3.05) is 20.1 Å². The van der Waals surface area contributed by atoms with E-state index in [1.807, 2.05) is 0 Å². The Morgan fingerprint density at radius 1 is 1.40 bits per heavy atom. The highest BCUT2D eigenvalue weighted by Crippen LogP contribution is 2.41. The van der Waals surface area contributed by atoms with Gasteiger partial charge >= 0.3 is 0 Å². The van der Waals surface area contributed by atoms with Crippen molar-refractivity contribution >= 4 is 17.5 Å². The van der Waals surface area contributed by atoms with Crippen LogP contribution in [-0.4, -0.2) is 37.0 Å². The van der Waals surface area contributed by atoms with Gasteiger partial charge in [0, 0.05) is 19.1 Å². The van der Waals surface area contributed by atoms with Gasteiger partial charge in [-0.05, 0) is 49.9 Å². The van der Waals surface area contributed by atoms with Crippen molar-refractivity contribution < 1.29 is 9.18 Å². The largest absolute Gasteiger partial charge is 0.348 e. The molecule has 0 spiro atoms. The van der Waals surface area contributed by atoms with Crippen molar-refractivity contribution in [3.8, 4) is 0 Å². The number of rotatable bonds is 3. The first kappa shape index (κ1) is 13.8. The van der Waals surface area contributed by atoms with Crippen LogP contribution in [0.5, 0.6) is 0 Å². The highest BCUT2D eigenvalue weighted by Gasteiger charge is 2.42. The van der Waals surface area contributed by atoms with Crippen LogP contribution < -0.4 is 5.32 Å². The lowest BCUT2D eigenvalue weighted by Crippen LogP contribution is -2.41. The molecule has 1 aliphatic heterocycles. The fourth-order valence-corrected chi connectivity index (χ4v) is 3.36. The molecule has 3 rings (SSSR count). The van der Waals surface area contributed by atoms with Gasteiger partial charge in [0.25, 0.3) is 5.91 Å². The molecule has 0 radical (unpaired) electrons. The lowest BCUT2D eigenvalue weighted by molar-refractivity contribution is 0.0928. The summed E-state index contributed by atoms with van der Waals surface area (Å²) in [4.78, 5) is 14.5. The van der Waals surface area contributed by atoms with Crippen LogP contribution in [0.3, 0.4) is 0 Å². The number of carbonyl (C=O) groups is 1. The summed E-state index contributed by atoms with van der Waals surface area (Å²) in [5, 5.41) is 3.23. The third-order valence-electron chi connectivity index (χ3n) is 4.27. The molecule has 5 heteroatoms. The highest BCUT2D eigenvalue weighted by molar-refractivity contribution is 6.33. The van der Waals surface area contributed by atoms with Gasteiger partial charge in [0.1, 0.15) is 5.82 Å². The predicted molar refractivity (Wildman–Crippen MR) is 76.4 cm³/mol. The van der Waals surface area contributed by atoms with Gasteiger partial charge in [-0.15, -0.1) is 0 Å². The van der Waals surface area contributed by atoms with E-state index in [4.69, 9.17) is 11.6 Å². The van der Waals surface area contributed by atoms with E-state index < -0.39 is 5.82 Å². The Morgan fingerprint density at radius 3 is 2.80 bits per heavy atom. The lowest BCUT2D eigenvalue weighted by Gasteiger charge is -2.19. The average molecular weight is 297 g/mol. The Bertz CT molecular complexity index is 533. The fraction of sp³-hybridized carbons (Fsp3) is 0.533. The molecule has 0 aromatic heterocycles. The number of nitrogens with one attached hydrogen (secondary N) is 1. The number of halogens is 2. The van der Waals surface area contributed by atoms with Gasteiger partial charge < -0.3 is 10.2 Å². The van der Waals surface area contributed by atoms with Crippen LogP contribution in [0, 0.1) is 17.7 Å². The van der Waals surface area contributed by atoms with Crippen molar-refractivity contribution in [2.24, 2.45) is 11.8 Å². The van der Waals surface area contributed by atoms with Crippen molar-refractivity contribution in [3.63, 3.8) is 0 Å². The zero-order valence-electron chi connectivity index (χ0n) is 11.4. The summed E-state index contributed by atoms with van der Waals surface area (Å²) in [7, 11) is 2.08. The van der Waals surface area contributed by atoms with Gasteiger partial charge in [-0.1, -0.05) is 11.6 Å². The van der Waals surface area contributed by atoms with Gasteiger partial charge in [-0.2, -0.15) is 0 Å². The SMILES string of the molecule is CN1C[C@H](NC(=O)c2ccc(F)cc2Cl)[C@@H](C2CC2)C1. The predicted octanol–water partition coefficient (Wildman–Crippen LogP) is 2.55. The first-order valence-corrected chi connectivity index (χ1v) is 7.37. The van der Waals surface area contributed by atoms with Gasteiger partial charge in [0.15, 0.2) is 0 Å². The third-order valence-corrected chi connectivity index (χ3v) is 4.58. The molecule has 1 amide bonds. The van der Waals surface area contributed by atoms with Crippen LogP contribution in [0.25, 0.3) is 0 Å². The normalized spacial score (nSPS) is 26.8. The maximum Gasteiger partial charge on any atom is 0.253 e. The molecule has 2 fully saturated rings. The molecule has 0 unspecified atom stereocenters. The van der Waals surface area contributed by atoms with E-state index in [0.29, 0.717) is 11.5 Å². The summed E-state index contributed by atoms with van der Waals surface area (Å²) in [6, 6.07) is 4.05. The molecule has 20 heavy (non-hydrogen) atoms. The van der Waals surface area contributed by atoms with Crippen LogP contribution in [0.1, 0.15) is 23.2 Å². The number of carbonyl (C=O) groups excluding carboxylic acids is 1. The van der Waals surface area contributed by atoms with Crippen LogP contribution in [0.4, 0.5) is 4.39 Å². The standard InChI is InChI=1S/C15H18ClFN2O/c1-19-7-12(9-2-3-9)14(8-19)18-15(20)11-5-4-10(17)6-13(11)16/h4-6,9,12,14H,2-3,7-8H2,1H3,(H,18,20)/t12-,14+/m1/s1. The first-order valence-electron chi connectivity index (χ1n) is 6.99. The van der Waals surface area contributed by atoms with E-state index in [-0.39, 0.29) is 17.0 Å². The van der Waals surface area contributed by atoms with E-state index in [2.05, 4.69) is 17.3 Å². The van der Waals surface area contributed by atoms with Crippen molar-refractivity contribution in [1.29, 1.82) is 0 Å². The topological polar surface area (TPSA) is 32.3 Å². The van der Waals surface area contributed by atoms with E-state index >= 15 is 0 Å². The average Bonchev–Trinajstić information content (AvgIpc) is 3.14. The van der Waals surface area contributed by atoms with Gasteiger partial charge in [0.05, 0.1) is 10.6 Å². The second kappa shape index (κ2) is 5.34. The van der Waals surface area contributed by atoms with Crippen LogP contribution in [-0.2, 0) is 0 Å². The number of likely N-dealkylation sites (tertiary alicyclic amines) is 1. The van der Waals surface area contributed by atoms with Crippen molar-refractivity contribution in [3.05, 3.63) is 34.6 Å². The van der Waals surface area contributed by atoms with E-state index in [1.165, 1.54) is 31.0 Å². The minimum atomic E-state index is -0.428. The zero-order valence-corrected chi connectivity index (χ0v) is 12.2. The van der Waals surface area contributed by atoms with Crippen LogP contribution in [0.15, 0.2) is 18.2 Å². The molecule has 1 heterocycles. The summed E-state index contributed by atoms with van der Waals surface area (Å²) in [6.07, 6.45) is 2.53. The minimum Gasteiger partial charge on any atom is -0.348 e. The summed E-state index contributed by atoms with van der Waals surface area (Å²) >= 11 is 5.94. The van der Waals surface area contributed by atoms with Gasteiger partial charge in [-0.25, -0.2) is 4.39 Å². The molecule has 1 aromatic carbocycles. The maximum atomic E-state index is 13.0.